The van der Waals surface area contributed by atoms with Crippen molar-refractivity contribution in [3.05, 3.63) is 235 Å². The van der Waals surface area contributed by atoms with Crippen LogP contribution in [0.1, 0.15) is 28.7 Å². The van der Waals surface area contributed by atoms with E-state index in [1.807, 2.05) is 11.3 Å². The maximum atomic E-state index is 2.54. The van der Waals surface area contributed by atoms with Crippen LogP contribution >= 0.6 is 11.3 Å². The van der Waals surface area contributed by atoms with E-state index in [-0.39, 0.29) is 12.0 Å². The first-order valence-electron chi connectivity index (χ1n) is 20.4. The normalized spacial score (nSPS) is 15.1. The standard InChI is InChI=1S/C56H38N2S/c1-3-13-41(14-4-1)53-47-18-7-11-21-50(47)58(55(53)42-15-5-2-6-16-42)44-33-29-40(30-34-44)38-25-23-37(24-26-38)39-27-31-43(32-28-39)57-49-20-10-8-19-48(49)54-51(57)36-35-46-45-17-9-12-22-52(45)59-56(46)54/h1-36,53,55H. The summed E-state index contributed by atoms with van der Waals surface area (Å²) >= 11 is 1.90. The lowest BCUT2D eigenvalue weighted by atomic mass is 9.84. The molecule has 1 aliphatic heterocycles. The van der Waals surface area contributed by atoms with E-state index in [4.69, 9.17) is 0 Å². The minimum atomic E-state index is 0.139. The molecule has 11 aromatic rings. The molecule has 0 fully saturated rings. The van der Waals surface area contributed by atoms with Gasteiger partial charge in [0.05, 0.1) is 17.1 Å². The van der Waals surface area contributed by atoms with Gasteiger partial charge in [0.1, 0.15) is 0 Å². The molecule has 3 heteroatoms. The monoisotopic (exact) mass is 770 g/mol. The maximum Gasteiger partial charge on any atom is 0.0701 e. The lowest BCUT2D eigenvalue weighted by Crippen LogP contribution is -2.22. The molecule has 3 heterocycles. The molecule has 0 N–H and O–H groups in total. The summed E-state index contributed by atoms with van der Waals surface area (Å²) < 4.78 is 5.12. The zero-order chi connectivity index (χ0) is 38.9. The Bertz CT molecular complexity index is 3310. The van der Waals surface area contributed by atoms with Gasteiger partial charge in [0, 0.05) is 53.9 Å². The highest BCUT2D eigenvalue weighted by atomic mass is 32.1. The van der Waals surface area contributed by atoms with Crippen LogP contribution in [-0.2, 0) is 0 Å². The van der Waals surface area contributed by atoms with Crippen molar-refractivity contribution in [3.8, 4) is 27.9 Å². The van der Waals surface area contributed by atoms with Crippen LogP contribution in [0.2, 0.25) is 0 Å². The third kappa shape index (κ3) is 5.46. The number of nitrogens with zero attached hydrogens (tertiary/aromatic N) is 2. The van der Waals surface area contributed by atoms with Gasteiger partial charge in [-0.25, -0.2) is 0 Å². The number of aromatic nitrogens is 1. The molecule has 0 saturated carbocycles. The molecular formula is C56H38N2S. The third-order valence-corrected chi connectivity index (χ3v) is 13.6. The van der Waals surface area contributed by atoms with Gasteiger partial charge >= 0.3 is 0 Å². The Kier molecular flexibility index (Phi) is 7.89. The lowest BCUT2D eigenvalue weighted by molar-refractivity contribution is 0.658. The second kappa shape index (κ2) is 13.7. The Morgan fingerprint density at radius 2 is 0.915 bits per heavy atom. The van der Waals surface area contributed by atoms with Crippen molar-refractivity contribution in [3.63, 3.8) is 0 Å². The molecule has 0 bridgehead atoms. The van der Waals surface area contributed by atoms with Gasteiger partial charge in [-0.3, -0.25) is 0 Å². The van der Waals surface area contributed by atoms with Crippen LogP contribution < -0.4 is 4.90 Å². The molecule has 0 aliphatic carbocycles. The van der Waals surface area contributed by atoms with Crippen LogP contribution in [0.3, 0.4) is 0 Å². The molecule has 2 nitrogen and oxygen atoms in total. The van der Waals surface area contributed by atoms with Crippen LogP contribution in [0, 0.1) is 0 Å². The van der Waals surface area contributed by atoms with Crippen molar-refractivity contribution in [1.29, 1.82) is 0 Å². The van der Waals surface area contributed by atoms with Crippen LogP contribution in [-0.4, -0.2) is 4.57 Å². The van der Waals surface area contributed by atoms with E-state index in [1.165, 1.54) is 98.0 Å². The Morgan fingerprint density at radius 3 is 1.61 bits per heavy atom. The van der Waals surface area contributed by atoms with E-state index in [2.05, 4.69) is 228 Å². The Balaban J connectivity index is 0.853. The molecule has 2 unspecified atom stereocenters. The van der Waals surface area contributed by atoms with Gasteiger partial charge < -0.3 is 9.47 Å². The molecule has 59 heavy (non-hydrogen) atoms. The number of anilines is 2. The highest BCUT2D eigenvalue weighted by Crippen LogP contribution is 2.55. The van der Waals surface area contributed by atoms with Crippen molar-refractivity contribution in [2.45, 2.75) is 12.0 Å². The fraction of sp³-hybridized carbons (Fsp3) is 0.0357. The average molecular weight is 771 g/mol. The summed E-state index contributed by atoms with van der Waals surface area (Å²) in [4.78, 5) is 2.54. The molecule has 0 radical (unpaired) electrons. The van der Waals surface area contributed by atoms with E-state index in [0.29, 0.717) is 0 Å². The van der Waals surface area contributed by atoms with Crippen molar-refractivity contribution >= 4 is 64.7 Å². The molecule has 278 valence electrons. The van der Waals surface area contributed by atoms with Gasteiger partial charge in [-0.05, 0) is 87.5 Å². The first-order valence-corrected chi connectivity index (χ1v) is 21.2. The third-order valence-electron chi connectivity index (χ3n) is 12.4. The fourth-order valence-corrected chi connectivity index (χ4v) is 11.0. The molecule has 9 aromatic carbocycles. The summed E-state index contributed by atoms with van der Waals surface area (Å²) in [5, 5.41) is 5.30. The van der Waals surface area contributed by atoms with Crippen molar-refractivity contribution in [1.82, 2.24) is 4.57 Å². The highest BCUT2D eigenvalue weighted by molar-refractivity contribution is 7.26. The van der Waals surface area contributed by atoms with E-state index >= 15 is 0 Å². The lowest BCUT2D eigenvalue weighted by Gasteiger charge is -2.31. The van der Waals surface area contributed by atoms with Crippen molar-refractivity contribution in [2.24, 2.45) is 0 Å². The number of thiophene rings is 1. The number of rotatable bonds is 6. The van der Waals surface area contributed by atoms with Crippen LogP contribution in [0.5, 0.6) is 0 Å². The molecule has 12 rings (SSSR count). The van der Waals surface area contributed by atoms with Crippen molar-refractivity contribution < 1.29 is 0 Å². The summed E-state index contributed by atoms with van der Waals surface area (Å²) in [6.07, 6.45) is 0. The van der Waals surface area contributed by atoms with Crippen LogP contribution in [0.4, 0.5) is 11.4 Å². The number of benzene rings is 9. The summed E-state index contributed by atoms with van der Waals surface area (Å²) in [5.41, 5.74) is 14.9. The zero-order valence-electron chi connectivity index (χ0n) is 32.2. The Morgan fingerprint density at radius 1 is 0.373 bits per heavy atom. The Labute approximate surface area is 347 Å². The van der Waals surface area contributed by atoms with Gasteiger partial charge in [0.15, 0.2) is 0 Å². The molecule has 0 spiro atoms. The number of fused-ring (bicyclic) bond motifs is 8. The first-order chi connectivity index (χ1) is 29.3. The highest BCUT2D eigenvalue weighted by Gasteiger charge is 2.40. The Hall–Kier alpha value is -7.20. The van der Waals surface area contributed by atoms with Crippen molar-refractivity contribution in [2.75, 3.05) is 4.90 Å². The fourth-order valence-electron chi connectivity index (χ4n) is 9.74. The van der Waals surface area contributed by atoms with Gasteiger partial charge in [0.2, 0.25) is 0 Å². The molecule has 1 aliphatic rings. The molecule has 0 saturated heterocycles. The smallest absolute Gasteiger partial charge is 0.0701 e. The van der Waals surface area contributed by atoms with E-state index in [1.54, 1.807) is 0 Å². The second-order valence-electron chi connectivity index (χ2n) is 15.6. The molecule has 0 amide bonds. The van der Waals surface area contributed by atoms with Crippen LogP contribution in [0.15, 0.2) is 218 Å². The van der Waals surface area contributed by atoms with E-state index < -0.39 is 0 Å². The zero-order valence-corrected chi connectivity index (χ0v) is 33.1. The maximum absolute atomic E-state index is 2.54. The van der Waals surface area contributed by atoms with Gasteiger partial charge in [-0.1, -0.05) is 170 Å². The summed E-state index contributed by atoms with van der Waals surface area (Å²) in [5.74, 6) is 0.219. The number of hydrogen-bond donors (Lipinski definition) is 0. The molecular weight excluding hydrogens is 733 g/mol. The van der Waals surface area contributed by atoms with Gasteiger partial charge in [0.25, 0.3) is 0 Å². The molecule has 2 aromatic heterocycles. The van der Waals surface area contributed by atoms with E-state index in [9.17, 15) is 0 Å². The minimum absolute atomic E-state index is 0.139. The molecule has 2 atom stereocenters. The summed E-state index contributed by atoms with van der Waals surface area (Å²) in [6.45, 7) is 0. The largest absolute Gasteiger partial charge is 0.333 e. The van der Waals surface area contributed by atoms with Gasteiger partial charge in [-0.15, -0.1) is 11.3 Å². The second-order valence-corrected chi connectivity index (χ2v) is 16.7. The predicted molar refractivity (Wildman–Crippen MR) is 251 cm³/mol. The van der Waals surface area contributed by atoms with Gasteiger partial charge in [-0.2, -0.15) is 0 Å². The quantitative estimate of drug-likeness (QED) is 0.163. The topological polar surface area (TPSA) is 8.17 Å². The average Bonchev–Trinajstić information content (AvgIpc) is 3.98. The summed E-state index contributed by atoms with van der Waals surface area (Å²) in [6, 6.07) is 80.5. The number of para-hydroxylation sites is 2. The first kappa shape index (κ1) is 33.9. The predicted octanol–water partition coefficient (Wildman–Crippen LogP) is 15.5. The minimum Gasteiger partial charge on any atom is -0.333 e. The van der Waals surface area contributed by atoms with E-state index in [0.717, 1.165) is 0 Å². The van der Waals surface area contributed by atoms with Crippen LogP contribution in [0.25, 0.3) is 69.9 Å². The summed E-state index contributed by atoms with van der Waals surface area (Å²) in [7, 11) is 0. The SMILES string of the molecule is c1ccc(C2c3ccccc3N(c3ccc(-c4ccc(-c5ccc(-n6c7ccccc7c7c8sc9ccccc9c8ccc76)cc5)cc4)cc3)C2c2ccccc2)cc1. The number of hydrogen-bond acceptors (Lipinski definition) is 2.